The molecule has 17 heavy (non-hydrogen) atoms. The topological polar surface area (TPSA) is 42.2 Å². The second kappa shape index (κ2) is 5.06. The van der Waals surface area contributed by atoms with Crippen molar-refractivity contribution >= 4 is 23.0 Å². The molecule has 0 radical (unpaired) electrons. The molecule has 0 aliphatic carbocycles. The second-order valence-electron chi connectivity index (χ2n) is 3.92. The molecule has 1 aromatic heterocycles. The average Bonchev–Trinajstić information content (AvgIpc) is 2.30. The van der Waals surface area contributed by atoms with Gasteiger partial charge in [0.25, 0.3) is 0 Å². The molecule has 0 fully saturated rings. The van der Waals surface area contributed by atoms with Gasteiger partial charge < -0.3 is 10.6 Å². The predicted octanol–water partition coefficient (Wildman–Crippen LogP) is 2.95. The maximum absolute atomic E-state index is 5.93. The molecule has 1 aromatic carbocycles. The first-order chi connectivity index (χ1) is 8.16. The number of halogens is 1. The molecule has 1 heterocycles. The predicted molar refractivity (Wildman–Crippen MR) is 72.2 cm³/mol. The molecule has 0 saturated carbocycles. The SMILES string of the molecule is CN(Cc1cccnc1)c1ccc(Cl)cc1N. The van der Waals surface area contributed by atoms with Crippen molar-refractivity contribution in [1.82, 2.24) is 4.98 Å². The van der Waals surface area contributed by atoms with Gasteiger partial charge in [-0.2, -0.15) is 0 Å². The molecule has 3 nitrogen and oxygen atoms in total. The van der Waals surface area contributed by atoms with Crippen LogP contribution in [0.25, 0.3) is 0 Å². The Hall–Kier alpha value is -1.74. The van der Waals surface area contributed by atoms with Crippen LogP contribution in [0, 0.1) is 0 Å². The third-order valence-corrected chi connectivity index (χ3v) is 2.78. The number of nitrogens with two attached hydrogens (primary N) is 1. The number of aromatic nitrogens is 1. The molecule has 0 spiro atoms. The number of anilines is 2. The molecule has 0 amide bonds. The van der Waals surface area contributed by atoms with E-state index < -0.39 is 0 Å². The van der Waals surface area contributed by atoms with Crippen LogP contribution in [-0.4, -0.2) is 12.0 Å². The Labute approximate surface area is 106 Å². The fourth-order valence-corrected chi connectivity index (χ4v) is 1.90. The third-order valence-electron chi connectivity index (χ3n) is 2.54. The summed E-state index contributed by atoms with van der Waals surface area (Å²) in [5.74, 6) is 0. The molecule has 2 rings (SSSR count). The van der Waals surface area contributed by atoms with Gasteiger partial charge in [-0.3, -0.25) is 4.98 Å². The average molecular weight is 248 g/mol. The summed E-state index contributed by atoms with van der Waals surface area (Å²) in [6, 6.07) is 9.49. The van der Waals surface area contributed by atoms with Crippen molar-refractivity contribution in [3.63, 3.8) is 0 Å². The molecule has 2 N–H and O–H groups in total. The van der Waals surface area contributed by atoms with Gasteiger partial charge in [-0.25, -0.2) is 0 Å². The van der Waals surface area contributed by atoms with E-state index >= 15 is 0 Å². The monoisotopic (exact) mass is 247 g/mol. The van der Waals surface area contributed by atoms with E-state index in [1.54, 1.807) is 12.3 Å². The first-order valence-electron chi connectivity index (χ1n) is 5.32. The molecule has 0 atom stereocenters. The van der Waals surface area contributed by atoms with Crippen LogP contribution >= 0.6 is 11.6 Å². The van der Waals surface area contributed by atoms with E-state index in [9.17, 15) is 0 Å². The number of benzene rings is 1. The lowest BCUT2D eigenvalue weighted by Crippen LogP contribution is -2.17. The minimum atomic E-state index is 0.654. The van der Waals surface area contributed by atoms with Crippen LogP contribution in [0.1, 0.15) is 5.56 Å². The molecule has 0 unspecified atom stereocenters. The lowest BCUT2D eigenvalue weighted by Gasteiger charge is -2.21. The fourth-order valence-electron chi connectivity index (χ4n) is 1.72. The summed E-state index contributed by atoms with van der Waals surface area (Å²) >= 11 is 5.87. The van der Waals surface area contributed by atoms with Crippen molar-refractivity contribution in [1.29, 1.82) is 0 Å². The smallest absolute Gasteiger partial charge is 0.0601 e. The lowest BCUT2D eigenvalue weighted by atomic mass is 10.2. The Kier molecular flexibility index (Phi) is 3.49. The van der Waals surface area contributed by atoms with Gasteiger partial charge in [-0.1, -0.05) is 17.7 Å². The van der Waals surface area contributed by atoms with Crippen LogP contribution in [0.3, 0.4) is 0 Å². The summed E-state index contributed by atoms with van der Waals surface area (Å²) in [6.45, 7) is 0.764. The summed E-state index contributed by atoms with van der Waals surface area (Å²) in [5.41, 5.74) is 8.73. The number of hydrogen-bond acceptors (Lipinski definition) is 3. The van der Waals surface area contributed by atoms with Gasteiger partial charge in [-0.15, -0.1) is 0 Å². The molecular weight excluding hydrogens is 234 g/mol. The minimum Gasteiger partial charge on any atom is -0.397 e. The molecule has 2 aromatic rings. The van der Waals surface area contributed by atoms with Crippen molar-refractivity contribution in [2.24, 2.45) is 0 Å². The zero-order chi connectivity index (χ0) is 12.3. The Morgan fingerprint density at radius 3 is 2.82 bits per heavy atom. The van der Waals surface area contributed by atoms with E-state index in [0.717, 1.165) is 17.8 Å². The third kappa shape index (κ3) is 2.88. The van der Waals surface area contributed by atoms with Gasteiger partial charge in [0, 0.05) is 31.0 Å². The van der Waals surface area contributed by atoms with Crippen molar-refractivity contribution < 1.29 is 0 Å². The van der Waals surface area contributed by atoms with Gasteiger partial charge in [-0.05, 0) is 29.8 Å². The van der Waals surface area contributed by atoms with E-state index in [0.29, 0.717) is 10.7 Å². The van der Waals surface area contributed by atoms with Crippen LogP contribution in [0.2, 0.25) is 5.02 Å². The number of pyridine rings is 1. The van der Waals surface area contributed by atoms with Gasteiger partial charge >= 0.3 is 0 Å². The standard InChI is InChI=1S/C13H14ClN3/c1-17(9-10-3-2-6-16-8-10)13-5-4-11(14)7-12(13)15/h2-8H,9,15H2,1H3. The zero-order valence-electron chi connectivity index (χ0n) is 9.60. The van der Waals surface area contributed by atoms with Crippen LogP contribution in [0.15, 0.2) is 42.7 Å². The van der Waals surface area contributed by atoms with E-state index in [1.807, 2.05) is 37.5 Å². The van der Waals surface area contributed by atoms with Crippen LogP contribution in [0.5, 0.6) is 0 Å². The van der Waals surface area contributed by atoms with E-state index in [-0.39, 0.29) is 0 Å². The molecule has 4 heteroatoms. The number of rotatable bonds is 3. The first-order valence-corrected chi connectivity index (χ1v) is 5.69. The Morgan fingerprint density at radius 2 is 2.18 bits per heavy atom. The molecule has 88 valence electrons. The van der Waals surface area contributed by atoms with Gasteiger partial charge in [0.15, 0.2) is 0 Å². The van der Waals surface area contributed by atoms with Gasteiger partial charge in [0.1, 0.15) is 0 Å². The highest BCUT2D eigenvalue weighted by Gasteiger charge is 2.06. The van der Waals surface area contributed by atoms with Crippen molar-refractivity contribution in [2.75, 3.05) is 17.7 Å². The summed E-state index contributed by atoms with van der Waals surface area (Å²) in [4.78, 5) is 6.16. The van der Waals surface area contributed by atoms with Gasteiger partial charge in [0.2, 0.25) is 0 Å². The molecule has 0 bridgehead atoms. The normalized spacial score (nSPS) is 10.2. The maximum atomic E-state index is 5.93. The van der Waals surface area contributed by atoms with Crippen LogP contribution < -0.4 is 10.6 Å². The second-order valence-corrected chi connectivity index (χ2v) is 4.36. The van der Waals surface area contributed by atoms with Crippen molar-refractivity contribution in [3.8, 4) is 0 Å². The summed E-state index contributed by atoms with van der Waals surface area (Å²) < 4.78 is 0. The Morgan fingerprint density at radius 1 is 1.35 bits per heavy atom. The molecule has 0 aliphatic heterocycles. The molecular formula is C13H14ClN3. The van der Waals surface area contributed by atoms with E-state index in [2.05, 4.69) is 9.88 Å². The van der Waals surface area contributed by atoms with Crippen molar-refractivity contribution in [2.45, 2.75) is 6.54 Å². The molecule has 0 saturated heterocycles. The highest BCUT2D eigenvalue weighted by atomic mass is 35.5. The highest BCUT2D eigenvalue weighted by Crippen LogP contribution is 2.26. The van der Waals surface area contributed by atoms with Gasteiger partial charge in [0.05, 0.1) is 11.4 Å². The number of nitrogens with zero attached hydrogens (tertiary/aromatic N) is 2. The zero-order valence-corrected chi connectivity index (χ0v) is 10.4. The fraction of sp³-hybridized carbons (Fsp3) is 0.154. The largest absolute Gasteiger partial charge is 0.397 e. The van der Waals surface area contributed by atoms with Crippen LogP contribution in [-0.2, 0) is 6.54 Å². The van der Waals surface area contributed by atoms with Crippen molar-refractivity contribution in [3.05, 3.63) is 53.3 Å². The molecule has 0 aliphatic rings. The highest BCUT2D eigenvalue weighted by molar-refractivity contribution is 6.31. The van der Waals surface area contributed by atoms with Crippen LogP contribution in [0.4, 0.5) is 11.4 Å². The summed E-state index contributed by atoms with van der Waals surface area (Å²) in [5, 5.41) is 0.654. The van der Waals surface area contributed by atoms with E-state index in [1.165, 1.54) is 0 Å². The Bertz CT molecular complexity index is 499. The quantitative estimate of drug-likeness (QED) is 0.848. The summed E-state index contributed by atoms with van der Waals surface area (Å²) in [6.07, 6.45) is 3.61. The Balaban J connectivity index is 2.17. The summed E-state index contributed by atoms with van der Waals surface area (Å²) in [7, 11) is 1.99. The first kappa shape index (κ1) is 11.7. The lowest BCUT2D eigenvalue weighted by molar-refractivity contribution is 0.917. The minimum absolute atomic E-state index is 0.654. The number of nitrogen functional groups attached to an aromatic ring is 1. The maximum Gasteiger partial charge on any atom is 0.0601 e. The van der Waals surface area contributed by atoms with E-state index in [4.69, 9.17) is 17.3 Å². The number of hydrogen-bond donors (Lipinski definition) is 1.